The van der Waals surface area contributed by atoms with E-state index in [4.69, 9.17) is 4.74 Å². The second kappa shape index (κ2) is 6.90. The van der Waals surface area contributed by atoms with Crippen molar-refractivity contribution < 1.29 is 9.53 Å². The van der Waals surface area contributed by atoms with Gasteiger partial charge in [0.1, 0.15) is 4.83 Å². The summed E-state index contributed by atoms with van der Waals surface area (Å²) < 4.78 is 6.43. The average molecular weight is 312 g/mol. The third kappa shape index (κ3) is 3.40. The molecule has 0 fully saturated rings. The smallest absolute Gasteiger partial charge is 0.305 e. The highest BCUT2D eigenvalue weighted by molar-refractivity contribution is 7.99. The molecular formula is C13H16N2O3S2. The number of hydrogen-bond acceptors (Lipinski definition) is 6. The van der Waals surface area contributed by atoms with Crippen molar-refractivity contribution in [1.82, 2.24) is 9.55 Å². The van der Waals surface area contributed by atoms with Gasteiger partial charge in [-0.2, -0.15) is 0 Å². The first-order valence-electron chi connectivity index (χ1n) is 6.36. The molecular weight excluding hydrogens is 296 g/mol. The fourth-order valence-corrected chi connectivity index (χ4v) is 3.44. The molecule has 5 nitrogen and oxygen atoms in total. The Morgan fingerprint density at radius 1 is 1.55 bits per heavy atom. The van der Waals surface area contributed by atoms with Crippen LogP contribution < -0.4 is 5.56 Å². The molecule has 20 heavy (non-hydrogen) atoms. The maximum absolute atomic E-state index is 12.1. The molecule has 0 spiro atoms. The maximum atomic E-state index is 12.1. The van der Waals surface area contributed by atoms with E-state index in [9.17, 15) is 9.59 Å². The zero-order valence-corrected chi connectivity index (χ0v) is 13.1. The molecule has 0 unspecified atom stereocenters. The molecule has 0 atom stereocenters. The Kier molecular flexibility index (Phi) is 5.19. The van der Waals surface area contributed by atoms with Crippen LogP contribution in [0.3, 0.4) is 0 Å². The van der Waals surface area contributed by atoms with Crippen molar-refractivity contribution in [1.29, 1.82) is 0 Å². The number of rotatable bonds is 6. The van der Waals surface area contributed by atoms with E-state index in [-0.39, 0.29) is 11.5 Å². The quantitative estimate of drug-likeness (QED) is 0.355. The first kappa shape index (κ1) is 15.1. The van der Waals surface area contributed by atoms with Gasteiger partial charge in [-0.3, -0.25) is 14.2 Å². The summed E-state index contributed by atoms with van der Waals surface area (Å²) in [5, 5.41) is 3.22. The van der Waals surface area contributed by atoms with Crippen LogP contribution in [0.15, 0.2) is 21.4 Å². The number of carbonyl (C=O) groups excluding carboxylic acids is 1. The van der Waals surface area contributed by atoms with E-state index in [0.717, 1.165) is 10.6 Å². The molecule has 2 aromatic rings. The minimum Gasteiger partial charge on any atom is -0.466 e. The van der Waals surface area contributed by atoms with Gasteiger partial charge in [0.15, 0.2) is 5.16 Å². The monoisotopic (exact) mass is 312 g/mol. The number of carbonyl (C=O) groups is 1. The maximum Gasteiger partial charge on any atom is 0.305 e. The van der Waals surface area contributed by atoms with E-state index >= 15 is 0 Å². The van der Waals surface area contributed by atoms with Gasteiger partial charge >= 0.3 is 5.97 Å². The van der Waals surface area contributed by atoms with E-state index in [1.807, 2.05) is 5.38 Å². The predicted molar refractivity (Wildman–Crippen MR) is 81.5 cm³/mol. The standard InChI is InChI=1S/C13H16N2O3S2/c1-3-18-10(16)5-4-7-20-13-14-11-9(6-8-19-11)12(17)15(13)2/h6,8H,3-5,7H2,1-2H3. The summed E-state index contributed by atoms with van der Waals surface area (Å²) in [4.78, 5) is 28.5. The lowest BCUT2D eigenvalue weighted by Gasteiger charge is -2.06. The number of ether oxygens (including phenoxy) is 1. The molecule has 0 N–H and O–H groups in total. The molecule has 0 saturated carbocycles. The minimum atomic E-state index is -0.177. The van der Waals surface area contributed by atoms with Gasteiger partial charge in [0.2, 0.25) is 0 Å². The number of thiophene rings is 1. The molecule has 0 bridgehead atoms. The largest absolute Gasteiger partial charge is 0.466 e. The van der Waals surface area contributed by atoms with Crippen LogP contribution in [0, 0.1) is 0 Å². The lowest BCUT2D eigenvalue weighted by atomic mass is 10.3. The summed E-state index contributed by atoms with van der Waals surface area (Å²) in [7, 11) is 1.72. The highest BCUT2D eigenvalue weighted by Crippen LogP contribution is 2.21. The van der Waals surface area contributed by atoms with Crippen molar-refractivity contribution in [2.24, 2.45) is 7.05 Å². The van der Waals surface area contributed by atoms with Gasteiger partial charge in [0, 0.05) is 19.2 Å². The first-order valence-corrected chi connectivity index (χ1v) is 8.22. The Morgan fingerprint density at radius 2 is 2.35 bits per heavy atom. The molecule has 0 saturated heterocycles. The zero-order valence-electron chi connectivity index (χ0n) is 11.4. The molecule has 0 aliphatic carbocycles. The van der Waals surface area contributed by atoms with E-state index in [0.29, 0.717) is 30.0 Å². The molecule has 0 amide bonds. The topological polar surface area (TPSA) is 61.2 Å². The lowest BCUT2D eigenvalue weighted by molar-refractivity contribution is -0.143. The number of fused-ring (bicyclic) bond motifs is 1. The second-order valence-electron chi connectivity index (χ2n) is 4.16. The van der Waals surface area contributed by atoms with E-state index in [2.05, 4.69) is 4.98 Å². The van der Waals surface area contributed by atoms with E-state index in [1.54, 1.807) is 24.6 Å². The Labute approximate surface area is 125 Å². The van der Waals surface area contributed by atoms with Crippen LogP contribution in [-0.2, 0) is 16.6 Å². The van der Waals surface area contributed by atoms with Crippen molar-refractivity contribution in [3.63, 3.8) is 0 Å². The summed E-state index contributed by atoms with van der Waals surface area (Å²) in [5.74, 6) is 0.555. The van der Waals surface area contributed by atoms with Gasteiger partial charge in [-0.1, -0.05) is 11.8 Å². The van der Waals surface area contributed by atoms with Crippen molar-refractivity contribution in [3.05, 3.63) is 21.8 Å². The van der Waals surface area contributed by atoms with Crippen LogP contribution in [0.1, 0.15) is 19.8 Å². The third-order valence-electron chi connectivity index (χ3n) is 2.73. The van der Waals surface area contributed by atoms with Gasteiger partial charge in [0.05, 0.1) is 12.0 Å². The second-order valence-corrected chi connectivity index (χ2v) is 6.11. The highest BCUT2D eigenvalue weighted by atomic mass is 32.2. The summed E-state index contributed by atoms with van der Waals surface area (Å²) in [6, 6.07) is 1.80. The number of nitrogens with zero attached hydrogens (tertiary/aromatic N) is 2. The molecule has 7 heteroatoms. The predicted octanol–water partition coefficient (Wildman–Crippen LogP) is 2.43. The van der Waals surface area contributed by atoms with Crippen LogP contribution in [0.2, 0.25) is 0 Å². The summed E-state index contributed by atoms with van der Waals surface area (Å²) in [5.41, 5.74) is -0.0239. The normalized spacial score (nSPS) is 10.9. The minimum absolute atomic E-state index is 0.0239. The Balaban J connectivity index is 1.98. The average Bonchev–Trinajstić information content (AvgIpc) is 2.88. The molecule has 0 aliphatic rings. The van der Waals surface area contributed by atoms with Crippen molar-refractivity contribution in [2.45, 2.75) is 24.9 Å². The molecule has 2 rings (SSSR count). The van der Waals surface area contributed by atoms with Gasteiger partial charge in [-0.05, 0) is 24.8 Å². The van der Waals surface area contributed by atoms with Gasteiger partial charge in [-0.25, -0.2) is 4.98 Å². The van der Waals surface area contributed by atoms with Crippen LogP contribution in [0.4, 0.5) is 0 Å². The summed E-state index contributed by atoms with van der Waals surface area (Å²) in [6.07, 6.45) is 1.11. The van der Waals surface area contributed by atoms with Crippen LogP contribution in [0.5, 0.6) is 0 Å². The van der Waals surface area contributed by atoms with Crippen LogP contribution in [-0.4, -0.2) is 27.9 Å². The number of esters is 1. The third-order valence-corrected chi connectivity index (χ3v) is 4.65. The Hall–Kier alpha value is -1.34. The van der Waals surface area contributed by atoms with Crippen molar-refractivity contribution >= 4 is 39.3 Å². The first-order chi connectivity index (χ1) is 9.63. The molecule has 108 valence electrons. The van der Waals surface area contributed by atoms with Crippen LogP contribution >= 0.6 is 23.1 Å². The molecule has 0 aliphatic heterocycles. The van der Waals surface area contributed by atoms with E-state index in [1.165, 1.54) is 23.1 Å². The highest BCUT2D eigenvalue weighted by Gasteiger charge is 2.10. The fourth-order valence-electron chi connectivity index (χ4n) is 1.72. The van der Waals surface area contributed by atoms with Gasteiger partial charge in [-0.15, -0.1) is 11.3 Å². The van der Waals surface area contributed by atoms with Crippen molar-refractivity contribution in [2.75, 3.05) is 12.4 Å². The van der Waals surface area contributed by atoms with Crippen LogP contribution in [0.25, 0.3) is 10.2 Å². The van der Waals surface area contributed by atoms with Crippen molar-refractivity contribution in [3.8, 4) is 0 Å². The lowest BCUT2D eigenvalue weighted by Crippen LogP contribution is -2.19. The number of hydrogen-bond donors (Lipinski definition) is 0. The Morgan fingerprint density at radius 3 is 3.10 bits per heavy atom. The van der Waals surface area contributed by atoms with Gasteiger partial charge in [0.25, 0.3) is 5.56 Å². The SMILES string of the molecule is CCOC(=O)CCCSc1nc2sccc2c(=O)n1C. The summed E-state index contributed by atoms with van der Waals surface area (Å²) >= 11 is 2.95. The zero-order chi connectivity index (χ0) is 14.5. The Bertz CT molecular complexity index is 663. The summed E-state index contributed by atoms with van der Waals surface area (Å²) in [6.45, 7) is 2.21. The van der Waals surface area contributed by atoms with E-state index < -0.39 is 0 Å². The molecule has 2 aromatic heterocycles. The molecule has 0 aromatic carbocycles. The molecule has 2 heterocycles. The molecule has 0 radical (unpaired) electrons. The number of thioether (sulfide) groups is 1. The number of aromatic nitrogens is 2. The van der Waals surface area contributed by atoms with Gasteiger partial charge < -0.3 is 4.74 Å². The fraction of sp³-hybridized carbons (Fsp3) is 0.462.